The Labute approximate surface area is 208 Å². The summed E-state index contributed by atoms with van der Waals surface area (Å²) in [5.74, 6) is -5.13. The summed E-state index contributed by atoms with van der Waals surface area (Å²) in [6.45, 7) is 6.26. The van der Waals surface area contributed by atoms with E-state index in [0.717, 1.165) is 10.5 Å². The summed E-state index contributed by atoms with van der Waals surface area (Å²) in [7, 11) is 0. The summed E-state index contributed by atoms with van der Waals surface area (Å²) < 4.78 is 50.9. The molecule has 190 valence electrons. The van der Waals surface area contributed by atoms with Gasteiger partial charge in [0.1, 0.15) is 11.8 Å². The first-order valence-electron chi connectivity index (χ1n) is 11.4. The van der Waals surface area contributed by atoms with Crippen LogP contribution in [0.4, 0.5) is 18.0 Å². The van der Waals surface area contributed by atoms with Crippen molar-refractivity contribution in [2.24, 2.45) is 5.92 Å². The Balaban J connectivity index is 1.90. The monoisotopic (exact) mass is 510 g/mol. The fourth-order valence-electron chi connectivity index (χ4n) is 3.83. The van der Waals surface area contributed by atoms with Crippen molar-refractivity contribution in [1.29, 1.82) is 0 Å². The Morgan fingerprint density at radius 1 is 1.06 bits per heavy atom. The number of piperidine rings is 1. The minimum atomic E-state index is -3.79. The van der Waals surface area contributed by atoms with Crippen LogP contribution in [0, 0.1) is 5.92 Å². The maximum absolute atomic E-state index is 15.8. The summed E-state index contributed by atoms with van der Waals surface area (Å²) >= 11 is 5.91. The number of carbonyl (C=O) groups is 2. The summed E-state index contributed by atoms with van der Waals surface area (Å²) in [6, 6.07) is 10.1. The number of nitrogens with zero attached hydrogens (tertiary/aromatic N) is 1. The van der Waals surface area contributed by atoms with Gasteiger partial charge >= 0.3 is 12.0 Å². The molecule has 0 spiro atoms. The molecule has 9 heteroatoms. The fourth-order valence-corrected chi connectivity index (χ4v) is 3.96. The van der Waals surface area contributed by atoms with Gasteiger partial charge in [-0.25, -0.2) is 9.18 Å². The van der Waals surface area contributed by atoms with Crippen molar-refractivity contribution in [3.63, 3.8) is 0 Å². The molecule has 0 aliphatic carbocycles. The number of hydrogen-bond acceptors (Lipinski definition) is 3. The van der Waals surface area contributed by atoms with Crippen molar-refractivity contribution < 1.29 is 27.5 Å². The van der Waals surface area contributed by atoms with Gasteiger partial charge in [0.05, 0.1) is 6.54 Å². The number of alkyl halides is 3. The van der Waals surface area contributed by atoms with Crippen LogP contribution in [0.25, 0.3) is 11.1 Å². The number of likely N-dealkylation sites (tertiary alicyclic amines) is 1. The molecule has 1 aliphatic rings. The largest absolute Gasteiger partial charge is 0.444 e. The molecule has 3 unspecified atom stereocenters. The number of carbonyl (C=O) groups excluding carboxylic acids is 2. The van der Waals surface area contributed by atoms with E-state index in [1.165, 1.54) is 24.3 Å². The average Bonchev–Trinajstić information content (AvgIpc) is 2.78. The minimum Gasteiger partial charge on any atom is -0.444 e. The molecule has 1 saturated heterocycles. The van der Waals surface area contributed by atoms with Gasteiger partial charge in [-0.3, -0.25) is 4.79 Å². The first kappa shape index (κ1) is 26.9. The van der Waals surface area contributed by atoms with Crippen LogP contribution in [0.5, 0.6) is 0 Å². The van der Waals surface area contributed by atoms with Crippen LogP contribution in [0.2, 0.25) is 5.02 Å². The van der Waals surface area contributed by atoms with E-state index >= 15 is 8.78 Å². The summed E-state index contributed by atoms with van der Waals surface area (Å²) in [5, 5.41) is 2.60. The van der Waals surface area contributed by atoms with Crippen molar-refractivity contribution in [2.75, 3.05) is 13.1 Å². The number of hydrogen-bond donors (Lipinski definition) is 1. The number of halogens is 4. The highest BCUT2D eigenvalue weighted by molar-refractivity contribution is 6.30. The summed E-state index contributed by atoms with van der Waals surface area (Å²) in [6.07, 6.45) is -2.15. The van der Waals surface area contributed by atoms with Crippen molar-refractivity contribution in [2.45, 2.75) is 57.9 Å². The lowest BCUT2D eigenvalue weighted by Crippen LogP contribution is -2.59. The number of ether oxygens (including phenoxy) is 1. The Kier molecular flexibility index (Phi) is 8.04. The van der Waals surface area contributed by atoms with Gasteiger partial charge in [0, 0.05) is 17.1 Å². The molecule has 1 aliphatic heterocycles. The number of nitrogens with one attached hydrogen (secondary N) is 1. The SMILES string of the molecule is CC1CCN(C(=O)C(NC(=O)OC(C)(C)C)C(F)(F)c2ccc(-c3ccc(Cl)cc3)cc2)CC1F. The van der Waals surface area contributed by atoms with Gasteiger partial charge in [0.2, 0.25) is 0 Å². The normalized spacial score (nSPS) is 19.7. The lowest BCUT2D eigenvalue weighted by atomic mass is 9.94. The standard InChI is InChI=1S/C26H30ClF3N2O3/c1-16-13-14-32(15-21(16)28)23(33)22(31-24(34)35-25(2,3)4)26(29,30)19-9-5-17(6-10-19)18-7-11-20(27)12-8-18/h5-12,16,21-22H,13-15H2,1-4H3,(H,31,34). The van der Waals surface area contributed by atoms with Gasteiger partial charge in [-0.1, -0.05) is 54.9 Å². The first-order chi connectivity index (χ1) is 16.3. The molecule has 3 rings (SSSR count). The highest BCUT2D eigenvalue weighted by Crippen LogP contribution is 2.35. The summed E-state index contributed by atoms with van der Waals surface area (Å²) in [4.78, 5) is 26.6. The Hall–Kier alpha value is -2.74. The molecule has 5 nitrogen and oxygen atoms in total. The van der Waals surface area contributed by atoms with Crippen LogP contribution in [-0.2, 0) is 15.5 Å². The number of alkyl carbamates (subject to hydrolysis) is 1. The van der Waals surface area contributed by atoms with E-state index < -0.39 is 41.3 Å². The Morgan fingerprint density at radius 3 is 2.11 bits per heavy atom. The molecular formula is C26H30ClF3N2O3. The van der Waals surface area contributed by atoms with Gasteiger partial charge in [-0.15, -0.1) is 0 Å². The third-order valence-electron chi connectivity index (χ3n) is 5.90. The molecule has 0 aromatic heterocycles. The maximum Gasteiger partial charge on any atom is 0.408 e. The van der Waals surface area contributed by atoms with Gasteiger partial charge in [0.15, 0.2) is 6.04 Å². The van der Waals surface area contributed by atoms with Crippen molar-refractivity contribution in [1.82, 2.24) is 10.2 Å². The second kappa shape index (κ2) is 10.5. The molecule has 2 aromatic carbocycles. The average molecular weight is 511 g/mol. The van der Waals surface area contributed by atoms with Gasteiger partial charge in [-0.05, 0) is 56.4 Å². The molecule has 0 bridgehead atoms. The lowest BCUT2D eigenvalue weighted by Gasteiger charge is -2.37. The van der Waals surface area contributed by atoms with Crippen LogP contribution in [0.3, 0.4) is 0 Å². The van der Waals surface area contributed by atoms with E-state index in [4.69, 9.17) is 16.3 Å². The van der Waals surface area contributed by atoms with Crippen LogP contribution in [-0.4, -0.2) is 47.8 Å². The highest BCUT2D eigenvalue weighted by atomic mass is 35.5. The van der Waals surface area contributed by atoms with Crippen molar-refractivity contribution >= 4 is 23.6 Å². The van der Waals surface area contributed by atoms with E-state index in [2.05, 4.69) is 0 Å². The number of benzene rings is 2. The Bertz CT molecular complexity index is 1040. The third kappa shape index (κ3) is 6.69. The smallest absolute Gasteiger partial charge is 0.408 e. The predicted octanol–water partition coefficient (Wildman–Crippen LogP) is 6.20. The molecule has 0 saturated carbocycles. The molecule has 1 fully saturated rings. The second-order valence-electron chi connectivity index (χ2n) is 9.85. The minimum absolute atomic E-state index is 0.124. The second-order valence-corrected chi connectivity index (χ2v) is 10.3. The van der Waals surface area contributed by atoms with Crippen LogP contribution in [0.15, 0.2) is 48.5 Å². The lowest BCUT2D eigenvalue weighted by molar-refractivity contribution is -0.148. The fraction of sp³-hybridized carbons (Fsp3) is 0.462. The van der Waals surface area contributed by atoms with E-state index in [1.54, 1.807) is 52.0 Å². The van der Waals surface area contributed by atoms with Gasteiger partial charge in [0.25, 0.3) is 5.91 Å². The maximum atomic E-state index is 15.8. The van der Waals surface area contributed by atoms with Crippen LogP contribution < -0.4 is 5.32 Å². The Morgan fingerprint density at radius 2 is 1.60 bits per heavy atom. The van der Waals surface area contributed by atoms with Crippen LogP contribution >= 0.6 is 11.6 Å². The quantitative estimate of drug-likeness (QED) is 0.521. The van der Waals surface area contributed by atoms with E-state index in [0.29, 0.717) is 17.0 Å². The van der Waals surface area contributed by atoms with E-state index in [-0.39, 0.29) is 19.0 Å². The first-order valence-corrected chi connectivity index (χ1v) is 11.8. The van der Waals surface area contributed by atoms with Gasteiger partial charge < -0.3 is 15.0 Å². The molecule has 3 atom stereocenters. The van der Waals surface area contributed by atoms with Crippen LogP contribution in [0.1, 0.15) is 39.7 Å². The molecule has 0 radical (unpaired) electrons. The zero-order valence-corrected chi connectivity index (χ0v) is 20.9. The highest BCUT2D eigenvalue weighted by Gasteiger charge is 2.49. The number of rotatable bonds is 5. The number of amides is 2. The third-order valence-corrected chi connectivity index (χ3v) is 6.15. The molecular weight excluding hydrogens is 481 g/mol. The van der Waals surface area contributed by atoms with Crippen molar-refractivity contribution in [3.8, 4) is 11.1 Å². The zero-order chi connectivity index (χ0) is 26.0. The van der Waals surface area contributed by atoms with Gasteiger partial charge in [-0.2, -0.15) is 8.78 Å². The summed E-state index contributed by atoms with van der Waals surface area (Å²) in [5.41, 5.74) is 0.0270. The molecule has 2 amide bonds. The molecule has 2 aromatic rings. The van der Waals surface area contributed by atoms with E-state index in [9.17, 15) is 14.0 Å². The van der Waals surface area contributed by atoms with Crippen molar-refractivity contribution in [3.05, 3.63) is 59.1 Å². The topological polar surface area (TPSA) is 58.6 Å². The zero-order valence-electron chi connectivity index (χ0n) is 20.2. The predicted molar refractivity (Wildman–Crippen MR) is 129 cm³/mol. The van der Waals surface area contributed by atoms with E-state index in [1.807, 2.05) is 5.32 Å². The molecule has 35 heavy (non-hydrogen) atoms. The molecule has 1 N–H and O–H groups in total. The molecule has 1 heterocycles.